The third-order valence-corrected chi connectivity index (χ3v) is 6.52. The minimum Gasteiger partial charge on any atom is -0.456 e. The van der Waals surface area contributed by atoms with Crippen molar-refractivity contribution in [1.82, 2.24) is 4.90 Å². The standard InChI is InChI=1S/C31H25NO3/c33-31(32-16-18-34-19-17-32)26-6-3-4-23(20-26)9-8-22-10-12-25(13-11-22)30-21-28-27-7-2-1-5-24(27)14-15-29(28)35-30/h1-15,20-21H,16-19H2/b9-8+. The van der Waals surface area contributed by atoms with Crippen molar-refractivity contribution in [3.05, 3.63) is 108 Å². The summed E-state index contributed by atoms with van der Waals surface area (Å²) in [5.41, 5.74) is 4.73. The zero-order chi connectivity index (χ0) is 23.6. The zero-order valence-corrected chi connectivity index (χ0v) is 19.3. The van der Waals surface area contributed by atoms with E-state index in [-0.39, 0.29) is 5.91 Å². The number of hydrogen-bond donors (Lipinski definition) is 0. The molecule has 1 aliphatic rings. The molecule has 4 heteroatoms. The monoisotopic (exact) mass is 459 g/mol. The normalized spacial score (nSPS) is 14.2. The largest absolute Gasteiger partial charge is 0.456 e. The maximum Gasteiger partial charge on any atom is 0.254 e. The summed E-state index contributed by atoms with van der Waals surface area (Å²) in [7, 11) is 0. The quantitative estimate of drug-likeness (QED) is 0.275. The van der Waals surface area contributed by atoms with Crippen molar-refractivity contribution in [3.63, 3.8) is 0 Å². The smallest absolute Gasteiger partial charge is 0.254 e. The molecular formula is C31H25NO3. The summed E-state index contributed by atoms with van der Waals surface area (Å²) < 4.78 is 11.5. The van der Waals surface area contributed by atoms with Gasteiger partial charge in [0.1, 0.15) is 11.3 Å². The lowest BCUT2D eigenvalue weighted by Gasteiger charge is -2.26. The van der Waals surface area contributed by atoms with Gasteiger partial charge in [0, 0.05) is 29.6 Å². The van der Waals surface area contributed by atoms with Crippen LogP contribution in [0.15, 0.2) is 95.4 Å². The topological polar surface area (TPSA) is 42.7 Å². The molecule has 0 bridgehead atoms. The van der Waals surface area contributed by atoms with E-state index in [1.165, 1.54) is 10.8 Å². The van der Waals surface area contributed by atoms with Crippen LogP contribution in [0.2, 0.25) is 0 Å². The van der Waals surface area contributed by atoms with E-state index < -0.39 is 0 Å². The first kappa shape index (κ1) is 21.4. The van der Waals surface area contributed by atoms with E-state index in [0.29, 0.717) is 31.9 Å². The molecule has 0 unspecified atom stereocenters. The van der Waals surface area contributed by atoms with E-state index in [0.717, 1.165) is 33.4 Å². The number of amides is 1. The van der Waals surface area contributed by atoms with Crippen molar-refractivity contribution in [2.45, 2.75) is 0 Å². The van der Waals surface area contributed by atoms with Crippen molar-refractivity contribution in [1.29, 1.82) is 0 Å². The SMILES string of the molecule is O=C(c1cccc(/C=C/c2ccc(-c3cc4c(ccc5ccccc54)o3)cc2)c1)N1CCOCC1. The number of ether oxygens (including phenoxy) is 1. The molecule has 4 nitrogen and oxygen atoms in total. The summed E-state index contributed by atoms with van der Waals surface area (Å²) >= 11 is 0. The van der Waals surface area contributed by atoms with Crippen LogP contribution in [0.4, 0.5) is 0 Å². The number of morpholine rings is 1. The summed E-state index contributed by atoms with van der Waals surface area (Å²) in [4.78, 5) is 14.6. The van der Waals surface area contributed by atoms with E-state index in [2.05, 4.69) is 66.7 Å². The first-order valence-electron chi connectivity index (χ1n) is 11.9. The Bertz CT molecular complexity index is 1540. The van der Waals surface area contributed by atoms with E-state index in [1.54, 1.807) is 0 Å². The fraction of sp³-hybridized carbons (Fsp3) is 0.129. The first-order chi connectivity index (χ1) is 17.2. The molecule has 1 amide bonds. The molecule has 0 N–H and O–H groups in total. The average molecular weight is 460 g/mol. The molecule has 1 fully saturated rings. The number of carbonyl (C=O) groups is 1. The molecule has 1 aliphatic heterocycles. The summed E-state index contributed by atoms with van der Waals surface area (Å²) in [6, 6.07) is 30.7. The summed E-state index contributed by atoms with van der Waals surface area (Å²) in [6.45, 7) is 2.50. The van der Waals surface area contributed by atoms with Gasteiger partial charge in [-0.15, -0.1) is 0 Å². The van der Waals surface area contributed by atoms with Gasteiger partial charge in [-0.25, -0.2) is 0 Å². The van der Waals surface area contributed by atoms with E-state index in [4.69, 9.17) is 9.15 Å². The number of benzene rings is 4. The van der Waals surface area contributed by atoms with Gasteiger partial charge in [0.2, 0.25) is 0 Å². The molecule has 1 aromatic heterocycles. The number of furan rings is 1. The second-order valence-corrected chi connectivity index (χ2v) is 8.79. The minimum atomic E-state index is 0.0616. The van der Waals surface area contributed by atoms with E-state index >= 15 is 0 Å². The predicted octanol–water partition coefficient (Wildman–Crippen LogP) is 6.90. The van der Waals surface area contributed by atoms with Crippen LogP contribution in [0.1, 0.15) is 21.5 Å². The second-order valence-electron chi connectivity index (χ2n) is 8.79. The summed E-state index contributed by atoms with van der Waals surface area (Å²) in [5.74, 6) is 0.924. The molecule has 4 aromatic carbocycles. The number of fused-ring (bicyclic) bond motifs is 3. The van der Waals surface area contributed by atoms with E-state index in [1.807, 2.05) is 41.3 Å². The Balaban J connectivity index is 1.21. The predicted molar refractivity (Wildman–Crippen MR) is 141 cm³/mol. The Hall–Kier alpha value is -4.15. The Labute approximate surface area is 204 Å². The van der Waals surface area contributed by atoms with Crippen molar-refractivity contribution < 1.29 is 13.9 Å². The highest BCUT2D eigenvalue weighted by Gasteiger charge is 2.18. The van der Waals surface area contributed by atoms with Crippen LogP contribution in [0.5, 0.6) is 0 Å². The maximum absolute atomic E-state index is 12.8. The lowest BCUT2D eigenvalue weighted by Crippen LogP contribution is -2.40. The Morgan fingerprint density at radius 1 is 0.743 bits per heavy atom. The molecule has 0 atom stereocenters. The van der Waals surface area contributed by atoms with Gasteiger partial charge in [0.25, 0.3) is 5.91 Å². The molecule has 5 aromatic rings. The van der Waals surface area contributed by atoms with Gasteiger partial charge in [-0.1, -0.05) is 78.9 Å². The highest BCUT2D eigenvalue weighted by atomic mass is 16.5. The first-order valence-corrected chi connectivity index (χ1v) is 11.9. The molecule has 2 heterocycles. The third-order valence-electron chi connectivity index (χ3n) is 6.52. The van der Waals surface area contributed by atoms with Gasteiger partial charge in [-0.05, 0) is 46.2 Å². The summed E-state index contributed by atoms with van der Waals surface area (Å²) in [5, 5.41) is 3.55. The fourth-order valence-corrected chi connectivity index (χ4v) is 4.61. The van der Waals surface area contributed by atoms with Crippen LogP contribution < -0.4 is 0 Å². The Morgan fingerprint density at radius 3 is 2.40 bits per heavy atom. The molecule has 0 saturated carbocycles. The van der Waals surface area contributed by atoms with Gasteiger partial charge >= 0.3 is 0 Å². The molecule has 6 rings (SSSR count). The van der Waals surface area contributed by atoms with E-state index in [9.17, 15) is 4.79 Å². The van der Waals surface area contributed by atoms with Gasteiger partial charge < -0.3 is 14.1 Å². The van der Waals surface area contributed by atoms with Crippen LogP contribution in [0.25, 0.3) is 45.2 Å². The van der Waals surface area contributed by atoms with Crippen molar-refractivity contribution in [3.8, 4) is 11.3 Å². The highest BCUT2D eigenvalue weighted by molar-refractivity contribution is 6.07. The van der Waals surface area contributed by atoms with Crippen molar-refractivity contribution >= 4 is 39.8 Å². The van der Waals surface area contributed by atoms with Gasteiger partial charge in [0.15, 0.2) is 0 Å². The number of nitrogens with zero attached hydrogens (tertiary/aromatic N) is 1. The van der Waals surface area contributed by atoms with Crippen LogP contribution >= 0.6 is 0 Å². The van der Waals surface area contributed by atoms with Crippen LogP contribution in [0, 0.1) is 0 Å². The van der Waals surface area contributed by atoms with Crippen molar-refractivity contribution in [2.75, 3.05) is 26.3 Å². The number of rotatable bonds is 4. The lowest BCUT2D eigenvalue weighted by atomic mass is 10.0. The average Bonchev–Trinajstić information content (AvgIpc) is 3.37. The van der Waals surface area contributed by atoms with Crippen LogP contribution in [-0.4, -0.2) is 37.1 Å². The Morgan fingerprint density at radius 2 is 1.54 bits per heavy atom. The fourth-order valence-electron chi connectivity index (χ4n) is 4.61. The van der Waals surface area contributed by atoms with Crippen molar-refractivity contribution in [2.24, 2.45) is 0 Å². The van der Waals surface area contributed by atoms with Crippen LogP contribution in [-0.2, 0) is 4.74 Å². The Kier molecular flexibility index (Phi) is 5.65. The third kappa shape index (κ3) is 4.36. The highest BCUT2D eigenvalue weighted by Crippen LogP contribution is 2.33. The molecule has 0 spiro atoms. The zero-order valence-electron chi connectivity index (χ0n) is 19.3. The van der Waals surface area contributed by atoms with Gasteiger partial charge in [-0.3, -0.25) is 4.79 Å². The molecule has 0 radical (unpaired) electrons. The summed E-state index contributed by atoms with van der Waals surface area (Å²) in [6.07, 6.45) is 4.10. The van der Waals surface area contributed by atoms with Gasteiger partial charge in [-0.2, -0.15) is 0 Å². The van der Waals surface area contributed by atoms with Gasteiger partial charge in [0.05, 0.1) is 13.2 Å². The molecule has 172 valence electrons. The maximum atomic E-state index is 12.8. The molecular weight excluding hydrogens is 434 g/mol. The molecule has 35 heavy (non-hydrogen) atoms. The minimum absolute atomic E-state index is 0.0616. The number of hydrogen-bond acceptors (Lipinski definition) is 3. The lowest BCUT2D eigenvalue weighted by molar-refractivity contribution is 0.0303. The van der Waals surface area contributed by atoms with Crippen LogP contribution in [0.3, 0.4) is 0 Å². The second kappa shape index (κ2) is 9.24. The molecule has 0 aliphatic carbocycles. The molecule has 1 saturated heterocycles. The number of carbonyl (C=O) groups excluding carboxylic acids is 1.